The number of amides is 1. The number of imidazole rings is 1. The van der Waals surface area contributed by atoms with Crippen molar-refractivity contribution in [3.8, 4) is 0 Å². The van der Waals surface area contributed by atoms with Crippen LogP contribution in [0.4, 0.5) is 11.4 Å². The number of benzene rings is 2. The van der Waals surface area contributed by atoms with Gasteiger partial charge >= 0.3 is 0 Å². The third-order valence-electron chi connectivity index (χ3n) is 4.73. The van der Waals surface area contributed by atoms with Gasteiger partial charge in [-0.1, -0.05) is 30.7 Å². The van der Waals surface area contributed by atoms with E-state index in [1.54, 1.807) is 0 Å². The zero-order valence-corrected chi connectivity index (χ0v) is 15.5. The van der Waals surface area contributed by atoms with Gasteiger partial charge in [0, 0.05) is 25.2 Å². The quantitative estimate of drug-likeness (QED) is 0.740. The standard InChI is InChI=1S/C20H21ClN4O/c1-2-5-20(26)23-16-9-8-14(12-15(16)21)24-10-11-25-18-7-4-3-6-17(18)22-19(25)13-24/h3-4,6-9,12H,2,5,10-11,13H2,1H3,(H,23,26). The number of carbonyl (C=O) groups is 1. The zero-order valence-electron chi connectivity index (χ0n) is 14.7. The molecule has 1 aliphatic rings. The lowest BCUT2D eigenvalue weighted by Crippen LogP contribution is -2.33. The molecule has 0 aliphatic carbocycles. The van der Waals surface area contributed by atoms with Crippen molar-refractivity contribution >= 4 is 39.9 Å². The van der Waals surface area contributed by atoms with Gasteiger partial charge in [-0.15, -0.1) is 0 Å². The van der Waals surface area contributed by atoms with E-state index in [1.807, 2.05) is 31.2 Å². The van der Waals surface area contributed by atoms with Crippen molar-refractivity contribution in [2.45, 2.75) is 32.9 Å². The summed E-state index contributed by atoms with van der Waals surface area (Å²) in [6, 6.07) is 14.0. The second-order valence-corrected chi connectivity index (χ2v) is 6.96. The smallest absolute Gasteiger partial charge is 0.224 e. The first-order valence-electron chi connectivity index (χ1n) is 8.94. The van der Waals surface area contributed by atoms with E-state index < -0.39 is 0 Å². The fourth-order valence-electron chi connectivity index (χ4n) is 3.43. The van der Waals surface area contributed by atoms with Gasteiger partial charge in [0.25, 0.3) is 0 Å². The molecule has 1 aliphatic heterocycles. The molecule has 3 aromatic rings. The Bertz CT molecular complexity index is 966. The molecule has 5 nitrogen and oxygen atoms in total. The summed E-state index contributed by atoms with van der Waals surface area (Å²) >= 11 is 6.40. The van der Waals surface area contributed by atoms with Gasteiger partial charge in [-0.3, -0.25) is 4.79 Å². The van der Waals surface area contributed by atoms with Crippen LogP contribution in [0.3, 0.4) is 0 Å². The topological polar surface area (TPSA) is 50.2 Å². The second-order valence-electron chi connectivity index (χ2n) is 6.55. The first kappa shape index (κ1) is 16.9. The van der Waals surface area contributed by atoms with Gasteiger partial charge in [-0.2, -0.15) is 0 Å². The molecule has 0 saturated carbocycles. The Hall–Kier alpha value is -2.53. The maximum Gasteiger partial charge on any atom is 0.224 e. The van der Waals surface area contributed by atoms with E-state index in [0.717, 1.165) is 43.1 Å². The molecule has 2 heterocycles. The molecule has 0 saturated heterocycles. The Morgan fingerprint density at radius 3 is 2.88 bits per heavy atom. The summed E-state index contributed by atoms with van der Waals surface area (Å²) in [5, 5.41) is 3.43. The molecule has 6 heteroatoms. The summed E-state index contributed by atoms with van der Waals surface area (Å²) < 4.78 is 2.28. The number of anilines is 2. The van der Waals surface area contributed by atoms with Crippen molar-refractivity contribution in [1.82, 2.24) is 9.55 Å². The van der Waals surface area contributed by atoms with E-state index in [0.29, 0.717) is 17.1 Å². The van der Waals surface area contributed by atoms with E-state index in [4.69, 9.17) is 16.6 Å². The maximum absolute atomic E-state index is 11.8. The van der Waals surface area contributed by atoms with Crippen LogP contribution in [0.25, 0.3) is 11.0 Å². The predicted octanol–water partition coefficient (Wildman–Crippen LogP) is 4.45. The van der Waals surface area contributed by atoms with Crippen LogP contribution in [-0.4, -0.2) is 22.0 Å². The number of nitrogens with one attached hydrogen (secondary N) is 1. The number of para-hydroxylation sites is 2. The second kappa shape index (κ2) is 7.00. The maximum atomic E-state index is 11.8. The van der Waals surface area contributed by atoms with Crippen LogP contribution < -0.4 is 10.2 Å². The number of nitrogens with zero attached hydrogens (tertiary/aromatic N) is 3. The molecule has 1 N–H and O–H groups in total. The van der Waals surface area contributed by atoms with Crippen molar-refractivity contribution < 1.29 is 4.79 Å². The number of carbonyl (C=O) groups excluding carboxylic acids is 1. The summed E-state index contributed by atoms with van der Waals surface area (Å²) in [6.45, 7) is 4.51. The largest absolute Gasteiger partial charge is 0.362 e. The number of hydrogen-bond donors (Lipinski definition) is 1. The van der Waals surface area contributed by atoms with E-state index >= 15 is 0 Å². The highest BCUT2D eigenvalue weighted by Gasteiger charge is 2.20. The fraction of sp³-hybridized carbons (Fsp3) is 0.300. The molecule has 134 valence electrons. The average Bonchev–Trinajstić information content (AvgIpc) is 3.01. The summed E-state index contributed by atoms with van der Waals surface area (Å²) in [5.41, 5.74) is 3.94. The summed E-state index contributed by atoms with van der Waals surface area (Å²) in [6.07, 6.45) is 1.32. The van der Waals surface area contributed by atoms with E-state index in [2.05, 4.69) is 33.0 Å². The third kappa shape index (κ3) is 3.15. The molecule has 0 spiro atoms. The first-order chi connectivity index (χ1) is 12.7. The Kier molecular flexibility index (Phi) is 4.55. The monoisotopic (exact) mass is 368 g/mol. The lowest BCUT2D eigenvalue weighted by atomic mass is 10.2. The molecule has 26 heavy (non-hydrogen) atoms. The van der Waals surface area contributed by atoms with Gasteiger partial charge in [-0.25, -0.2) is 4.98 Å². The first-order valence-corrected chi connectivity index (χ1v) is 9.32. The molecule has 0 radical (unpaired) electrons. The lowest BCUT2D eigenvalue weighted by Gasteiger charge is -2.30. The van der Waals surface area contributed by atoms with Crippen LogP contribution in [0.2, 0.25) is 5.02 Å². The van der Waals surface area contributed by atoms with Gasteiger partial charge in [0.1, 0.15) is 5.82 Å². The minimum Gasteiger partial charge on any atom is -0.362 e. The minimum atomic E-state index is -0.00570. The van der Waals surface area contributed by atoms with Gasteiger partial charge in [0.05, 0.1) is 28.3 Å². The van der Waals surface area contributed by atoms with Crippen LogP contribution in [0, 0.1) is 0 Å². The summed E-state index contributed by atoms with van der Waals surface area (Å²) in [7, 11) is 0. The van der Waals surface area contributed by atoms with Crippen molar-refractivity contribution in [2.24, 2.45) is 0 Å². The van der Waals surface area contributed by atoms with Gasteiger partial charge in [-0.05, 0) is 36.8 Å². The van der Waals surface area contributed by atoms with Gasteiger partial charge in [0.2, 0.25) is 5.91 Å². The molecule has 4 rings (SSSR count). The number of halogens is 1. The fourth-order valence-corrected chi connectivity index (χ4v) is 3.65. The van der Waals surface area contributed by atoms with Crippen LogP contribution in [0.5, 0.6) is 0 Å². The van der Waals surface area contributed by atoms with Gasteiger partial charge < -0.3 is 14.8 Å². The summed E-state index contributed by atoms with van der Waals surface area (Å²) in [5.74, 6) is 1.06. The molecule has 2 aromatic carbocycles. The van der Waals surface area contributed by atoms with Crippen molar-refractivity contribution in [2.75, 3.05) is 16.8 Å². The molecular formula is C20H21ClN4O. The molecular weight excluding hydrogens is 348 g/mol. The SMILES string of the molecule is CCCC(=O)Nc1ccc(N2CCn3c(nc4ccccc43)C2)cc1Cl. The van der Waals surface area contributed by atoms with Crippen molar-refractivity contribution in [3.63, 3.8) is 0 Å². The van der Waals surface area contributed by atoms with Crippen LogP contribution >= 0.6 is 11.6 Å². The highest BCUT2D eigenvalue weighted by Crippen LogP contribution is 2.30. The molecule has 1 amide bonds. The lowest BCUT2D eigenvalue weighted by molar-refractivity contribution is -0.116. The van der Waals surface area contributed by atoms with E-state index in [9.17, 15) is 4.79 Å². The Morgan fingerprint density at radius 2 is 2.08 bits per heavy atom. The van der Waals surface area contributed by atoms with E-state index in [-0.39, 0.29) is 5.91 Å². The van der Waals surface area contributed by atoms with Gasteiger partial charge in [0.15, 0.2) is 0 Å². The normalized spacial score (nSPS) is 13.7. The summed E-state index contributed by atoms with van der Waals surface area (Å²) in [4.78, 5) is 18.8. The molecule has 0 unspecified atom stereocenters. The average molecular weight is 369 g/mol. The van der Waals surface area contributed by atoms with Crippen LogP contribution in [0.1, 0.15) is 25.6 Å². The highest BCUT2D eigenvalue weighted by molar-refractivity contribution is 6.34. The Labute approximate surface area is 157 Å². The molecule has 0 atom stereocenters. The highest BCUT2D eigenvalue weighted by atomic mass is 35.5. The number of rotatable bonds is 4. The van der Waals surface area contributed by atoms with E-state index in [1.165, 1.54) is 5.52 Å². The molecule has 0 bridgehead atoms. The third-order valence-corrected chi connectivity index (χ3v) is 5.04. The molecule has 0 fully saturated rings. The number of fused-ring (bicyclic) bond motifs is 3. The number of hydrogen-bond acceptors (Lipinski definition) is 3. The predicted molar refractivity (Wildman–Crippen MR) is 106 cm³/mol. The van der Waals surface area contributed by atoms with Crippen LogP contribution in [-0.2, 0) is 17.9 Å². The Balaban J connectivity index is 1.55. The zero-order chi connectivity index (χ0) is 18.1. The van der Waals surface area contributed by atoms with Crippen LogP contribution in [0.15, 0.2) is 42.5 Å². The minimum absolute atomic E-state index is 0.00570. The Morgan fingerprint density at radius 1 is 1.23 bits per heavy atom. The van der Waals surface area contributed by atoms with Crippen molar-refractivity contribution in [1.29, 1.82) is 0 Å². The van der Waals surface area contributed by atoms with Crippen molar-refractivity contribution in [3.05, 3.63) is 53.3 Å². The number of aromatic nitrogens is 2. The molecule has 1 aromatic heterocycles.